The summed E-state index contributed by atoms with van der Waals surface area (Å²) in [5.41, 5.74) is 4.28. The molecule has 0 heterocycles. The first-order valence-corrected chi connectivity index (χ1v) is 7.19. The average molecular weight is 294 g/mol. The highest BCUT2D eigenvalue weighted by Crippen LogP contribution is 2.27. The molecule has 1 unspecified atom stereocenters. The summed E-state index contributed by atoms with van der Waals surface area (Å²) in [7, 11) is 0. The molecule has 0 aliphatic heterocycles. The number of hydrazine groups is 1. The maximum absolute atomic E-state index is 13.2. The van der Waals surface area contributed by atoms with E-state index in [0.717, 1.165) is 11.0 Å². The molecule has 1 atom stereocenters. The lowest BCUT2D eigenvalue weighted by atomic mass is 10.1. The Bertz CT molecular complexity index is 570. The van der Waals surface area contributed by atoms with Crippen molar-refractivity contribution >= 4 is 11.8 Å². The van der Waals surface area contributed by atoms with Crippen LogP contribution in [0.5, 0.6) is 0 Å². The summed E-state index contributed by atoms with van der Waals surface area (Å²) in [6, 6.07) is 11.1. The van der Waals surface area contributed by atoms with E-state index in [-0.39, 0.29) is 6.04 Å². The Hall–Kier alpha value is -1.43. The zero-order valence-electron chi connectivity index (χ0n) is 11.1. The Morgan fingerprint density at radius 1 is 1.15 bits per heavy atom. The van der Waals surface area contributed by atoms with Crippen molar-refractivity contribution < 1.29 is 8.78 Å². The van der Waals surface area contributed by atoms with Crippen molar-refractivity contribution in [3.8, 4) is 0 Å². The Labute approximate surface area is 121 Å². The second-order valence-electron chi connectivity index (χ2n) is 4.50. The molecule has 0 aliphatic carbocycles. The Balaban J connectivity index is 2.11. The minimum atomic E-state index is -0.596. The highest BCUT2D eigenvalue weighted by molar-refractivity contribution is 7.99. The fourth-order valence-electron chi connectivity index (χ4n) is 1.91. The number of benzene rings is 2. The molecule has 2 aromatic carbocycles. The van der Waals surface area contributed by atoms with Gasteiger partial charge < -0.3 is 0 Å². The zero-order valence-corrected chi connectivity index (χ0v) is 11.9. The summed E-state index contributed by atoms with van der Waals surface area (Å²) in [5.74, 6) is 4.89. The third kappa shape index (κ3) is 3.79. The van der Waals surface area contributed by atoms with Gasteiger partial charge in [0.15, 0.2) is 0 Å². The summed E-state index contributed by atoms with van der Waals surface area (Å²) < 4.78 is 26.5. The van der Waals surface area contributed by atoms with Crippen LogP contribution in [-0.4, -0.2) is 5.75 Å². The van der Waals surface area contributed by atoms with Gasteiger partial charge in [0.05, 0.1) is 6.04 Å². The fraction of sp³-hybridized carbons (Fsp3) is 0.200. The number of nitrogens with one attached hydrogen (secondary N) is 1. The van der Waals surface area contributed by atoms with Gasteiger partial charge in [-0.2, -0.15) is 0 Å². The molecule has 0 aromatic heterocycles. The molecule has 0 aliphatic rings. The van der Waals surface area contributed by atoms with Crippen molar-refractivity contribution in [3.05, 3.63) is 65.2 Å². The monoisotopic (exact) mass is 294 g/mol. The number of rotatable bonds is 5. The van der Waals surface area contributed by atoms with Crippen molar-refractivity contribution in [1.82, 2.24) is 5.43 Å². The molecular formula is C15H16F2N2S. The fourth-order valence-corrected chi connectivity index (χ4v) is 3.01. The molecule has 3 N–H and O–H groups in total. The third-order valence-electron chi connectivity index (χ3n) is 2.99. The van der Waals surface area contributed by atoms with Crippen molar-refractivity contribution in [1.29, 1.82) is 0 Å². The van der Waals surface area contributed by atoms with E-state index in [1.807, 2.05) is 31.2 Å². The van der Waals surface area contributed by atoms with E-state index in [9.17, 15) is 8.78 Å². The number of halogens is 2. The summed E-state index contributed by atoms with van der Waals surface area (Å²) in [5, 5.41) is 0. The lowest BCUT2D eigenvalue weighted by Crippen LogP contribution is -2.29. The van der Waals surface area contributed by atoms with Gasteiger partial charge in [-0.1, -0.05) is 18.2 Å². The second kappa shape index (κ2) is 6.83. The second-order valence-corrected chi connectivity index (χ2v) is 5.56. The Morgan fingerprint density at radius 3 is 2.40 bits per heavy atom. The van der Waals surface area contributed by atoms with Gasteiger partial charge in [-0.3, -0.25) is 11.3 Å². The number of thioether (sulfide) groups is 1. The van der Waals surface area contributed by atoms with Crippen LogP contribution in [0.2, 0.25) is 0 Å². The van der Waals surface area contributed by atoms with E-state index < -0.39 is 11.6 Å². The average Bonchev–Trinajstić information content (AvgIpc) is 2.40. The summed E-state index contributed by atoms with van der Waals surface area (Å²) in [6.07, 6.45) is 0. The van der Waals surface area contributed by atoms with Gasteiger partial charge in [-0.15, -0.1) is 11.8 Å². The maximum atomic E-state index is 13.2. The van der Waals surface area contributed by atoms with E-state index in [1.165, 1.54) is 17.7 Å². The van der Waals surface area contributed by atoms with Crippen LogP contribution in [0.1, 0.15) is 17.2 Å². The Kier molecular flexibility index (Phi) is 5.11. The number of hydrogen-bond donors (Lipinski definition) is 2. The number of hydrogen-bond acceptors (Lipinski definition) is 3. The zero-order chi connectivity index (χ0) is 14.5. The molecular weight excluding hydrogens is 278 g/mol. The quantitative estimate of drug-likeness (QED) is 0.503. The van der Waals surface area contributed by atoms with Crippen LogP contribution in [0.3, 0.4) is 0 Å². The van der Waals surface area contributed by atoms with Gasteiger partial charge >= 0.3 is 0 Å². The lowest BCUT2D eigenvalue weighted by Gasteiger charge is -2.17. The van der Waals surface area contributed by atoms with Crippen LogP contribution in [-0.2, 0) is 0 Å². The molecule has 2 nitrogen and oxygen atoms in total. The predicted molar refractivity (Wildman–Crippen MR) is 78.3 cm³/mol. The molecule has 0 radical (unpaired) electrons. The summed E-state index contributed by atoms with van der Waals surface area (Å²) in [6.45, 7) is 2.02. The third-order valence-corrected chi connectivity index (χ3v) is 4.26. The van der Waals surface area contributed by atoms with Crippen LogP contribution in [0.4, 0.5) is 8.78 Å². The molecule has 2 aromatic rings. The highest BCUT2D eigenvalue weighted by atomic mass is 32.2. The minimum Gasteiger partial charge on any atom is -0.271 e. The standard InChI is InChI=1S/C15H16F2N2S/c1-10-4-2-3-5-15(10)20-9-14(19-18)11-6-12(16)8-13(17)7-11/h2-8,14,19H,9,18H2,1H3. The number of nitrogens with two attached hydrogens (primary N) is 1. The van der Waals surface area contributed by atoms with Crippen LogP contribution < -0.4 is 11.3 Å². The van der Waals surface area contributed by atoms with E-state index in [4.69, 9.17) is 5.84 Å². The first kappa shape index (κ1) is 15.0. The van der Waals surface area contributed by atoms with Crippen molar-refractivity contribution in [2.24, 2.45) is 5.84 Å². The molecule has 0 fully saturated rings. The van der Waals surface area contributed by atoms with Crippen molar-refractivity contribution in [3.63, 3.8) is 0 Å². The first-order chi connectivity index (χ1) is 9.60. The molecule has 0 amide bonds. The topological polar surface area (TPSA) is 38.0 Å². The normalized spacial score (nSPS) is 12.4. The molecule has 20 heavy (non-hydrogen) atoms. The van der Waals surface area contributed by atoms with Gasteiger partial charge in [0.2, 0.25) is 0 Å². The van der Waals surface area contributed by atoms with E-state index in [0.29, 0.717) is 11.3 Å². The first-order valence-electron chi connectivity index (χ1n) is 6.20. The van der Waals surface area contributed by atoms with Gasteiger partial charge in [-0.25, -0.2) is 8.78 Å². The van der Waals surface area contributed by atoms with E-state index in [1.54, 1.807) is 11.8 Å². The van der Waals surface area contributed by atoms with Crippen LogP contribution >= 0.6 is 11.8 Å². The molecule has 0 saturated carbocycles. The van der Waals surface area contributed by atoms with Crippen LogP contribution in [0.15, 0.2) is 47.4 Å². The van der Waals surface area contributed by atoms with Gasteiger partial charge in [0.25, 0.3) is 0 Å². The Morgan fingerprint density at radius 2 is 1.80 bits per heavy atom. The smallest absolute Gasteiger partial charge is 0.126 e. The van der Waals surface area contributed by atoms with Crippen molar-refractivity contribution in [2.75, 3.05) is 5.75 Å². The molecule has 0 bridgehead atoms. The lowest BCUT2D eigenvalue weighted by molar-refractivity contribution is 0.559. The molecule has 106 valence electrons. The minimum absolute atomic E-state index is 0.315. The largest absolute Gasteiger partial charge is 0.271 e. The van der Waals surface area contributed by atoms with Crippen molar-refractivity contribution in [2.45, 2.75) is 17.9 Å². The van der Waals surface area contributed by atoms with E-state index in [2.05, 4.69) is 5.43 Å². The van der Waals surface area contributed by atoms with Crippen LogP contribution in [0.25, 0.3) is 0 Å². The number of aryl methyl sites for hydroxylation is 1. The molecule has 5 heteroatoms. The van der Waals surface area contributed by atoms with Gasteiger partial charge in [0.1, 0.15) is 11.6 Å². The summed E-state index contributed by atoms with van der Waals surface area (Å²) >= 11 is 1.60. The molecule has 0 saturated heterocycles. The highest BCUT2D eigenvalue weighted by Gasteiger charge is 2.13. The molecule has 2 rings (SSSR count). The molecule has 0 spiro atoms. The predicted octanol–water partition coefficient (Wildman–Crippen LogP) is 3.57. The van der Waals surface area contributed by atoms with E-state index >= 15 is 0 Å². The SMILES string of the molecule is Cc1ccccc1SCC(NN)c1cc(F)cc(F)c1. The van der Waals surface area contributed by atoms with Gasteiger partial charge in [0, 0.05) is 16.7 Å². The summed E-state index contributed by atoms with van der Waals surface area (Å²) in [4.78, 5) is 1.13. The maximum Gasteiger partial charge on any atom is 0.126 e. The van der Waals surface area contributed by atoms with Crippen LogP contribution in [0, 0.1) is 18.6 Å². The van der Waals surface area contributed by atoms with Gasteiger partial charge in [-0.05, 0) is 36.2 Å².